The van der Waals surface area contributed by atoms with Gasteiger partial charge in [0, 0.05) is 10.7 Å². The summed E-state index contributed by atoms with van der Waals surface area (Å²) in [6.45, 7) is 5.44. The molecule has 7 nitrogen and oxygen atoms in total. The van der Waals surface area contributed by atoms with Gasteiger partial charge in [-0.2, -0.15) is 0 Å². The second-order valence-corrected chi connectivity index (χ2v) is 9.63. The van der Waals surface area contributed by atoms with Gasteiger partial charge < -0.3 is 15.4 Å². The molecule has 0 bridgehead atoms. The Balaban J connectivity index is 2.11. The molecule has 9 heteroatoms. The topological polar surface area (TPSA) is 102 Å². The van der Waals surface area contributed by atoms with E-state index in [0.29, 0.717) is 10.6 Å². The van der Waals surface area contributed by atoms with Gasteiger partial charge in [0.2, 0.25) is 0 Å². The minimum absolute atomic E-state index is 0.0228. The number of sulfone groups is 1. The van der Waals surface area contributed by atoms with Crippen LogP contribution in [0.25, 0.3) is 0 Å². The van der Waals surface area contributed by atoms with Crippen molar-refractivity contribution in [3.05, 3.63) is 75.4 Å². The Labute approximate surface area is 186 Å². The molecular weight excluding hydrogens is 440 g/mol. The summed E-state index contributed by atoms with van der Waals surface area (Å²) in [5, 5.41) is 5.56. The summed E-state index contributed by atoms with van der Waals surface area (Å²) >= 11 is 6.08. The molecule has 0 fully saturated rings. The minimum atomic E-state index is -3.85. The van der Waals surface area contributed by atoms with Crippen LogP contribution >= 0.6 is 11.6 Å². The second-order valence-electron chi connectivity index (χ2n) is 7.20. The van der Waals surface area contributed by atoms with E-state index in [-0.39, 0.29) is 22.8 Å². The van der Waals surface area contributed by atoms with Gasteiger partial charge in [-0.25, -0.2) is 18.0 Å². The van der Waals surface area contributed by atoms with Gasteiger partial charge in [-0.05, 0) is 61.7 Å². The molecule has 0 radical (unpaired) electrons. The molecule has 0 saturated heterocycles. The number of carbonyl (C=O) groups is 2. The van der Waals surface area contributed by atoms with Crippen LogP contribution in [-0.4, -0.2) is 32.8 Å². The fourth-order valence-corrected chi connectivity index (χ4v) is 4.90. The molecule has 1 atom stereocenters. The normalized spacial score (nSPS) is 16.5. The second kappa shape index (κ2) is 9.11. The van der Waals surface area contributed by atoms with Crippen molar-refractivity contribution in [1.29, 1.82) is 0 Å². The summed E-state index contributed by atoms with van der Waals surface area (Å²) in [7, 11) is -3.85. The number of esters is 1. The van der Waals surface area contributed by atoms with Crippen LogP contribution in [0.5, 0.6) is 0 Å². The zero-order valence-corrected chi connectivity index (χ0v) is 18.9. The van der Waals surface area contributed by atoms with Crippen LogP contribution in [0.1, 0.15) is 29.7 Å². The third-order valence-corrected chi connectivity index (χ3v) is 6.88. The predicted molar refractivity (Wildman–Crippen MR) is 117 cm³/mol. The van der Waals surface area contributed by atoms with Crippen molar-refractivity contribution in [2.24, 2.45) is 0 Å². The molecule has 1 heterocycles. The lowest BCUT2D eigenvalue weighted by Crippen LogP contribution is -2.47. The van der Waals surface area contributed by atoms with E-state index < -0.39 is 33.6 Å². The third-order valence-electron chi connectivity index (χ3n) is 5.00. The van der Waals surface area contributed by atoms with Gasteiger partial charge in [-0.3, -0.25) is 0 Å². The average Bonchev–Trinajstić information content (AvgIpc) is 2.69. The van der Waals surface area contributed by atoms with Gasteiger partial charge in [0.05, 0.1) is 28.9 Å². The van der Waals surface area contributed by atoms with E-state index >= 15 is 0 Å². The number of urea groups is 1. The van der Waals surface area contributed by atoms with Crippen molar-refractivity contribution in [3.8, 4) is 0 Å². The number of benzene rings is 2. The number of nitrogens with one attached hydrogen (secondary N) is 2. The first-order chi connectivity index (χ1) is 14.6. The molecule has 2 amide bonds. The Morgan fingerprint density at radius 1 is 1.13 bits per heavy atom. The van der Waals surface area contributed by atoms with Crippen LogP contribution in [0.2, 0.25) is 5.02 Å². The fourth-order valence-electron chi connectivity index (χ4n) is 3.30. The molecule has 1 aliphatic heterocycles. The first-order valence-electron chi connectivity index (χ1n) is 9.65. The van der Waals surface area contributed by atoms with Crippen LogP contribution in [0.4, 0.5) is 4.79 Å². The summed E-state index contributed by atoms with van der Waals surface area (Å²) in [6, 6.07) is 9.92. The molecule has 1 aliphatic rings. The molecule has 0 aliphatic carbocycles. The summed E-state index contributed by atoms with van der Waals surface area (Å²) in [5.41, 5.74) is 2.32. The van der Waals surface area contributed by atoms with Crippen LogP contribution in [0.15, 0.2) is 58.6 Å². The summed E-state index contributed by atoms with van der Waals surface area (Å²) in [5.74, 6) is -1.28. The summed E-state index contributed by atoms with van der Waals surface area (Å²) < 4.78 is 31.4. The number of ether oxygens (including phenoxy) is 1. The van der Waals surface area contributed by atoms with Crippen molar-refractivity contribution < 1.29 is 22.7 Å². The first-order valence-corrected chi connectivity index (χ1v) is 11.7. The molecule has 2 N–H and O–H groups in total. The number of carbonyl (C=O) groups excluding carboxylic acids is 2. The molecule has 164 valence electrons. The fraction of sp³-hybridized carbons (Fsp3) is 0.273. The quantitative estimate of drug-likeness (QED) is 0.638. The standard InChI is InChI=1S/C22H23ClN2O5S/c1-4-30-21(26)19-18(12-31(28,29)17-9-8-13(2)14(3)10-17)24-22(27)25-20(19)15-6-5-7-16(23)11-15/h5-11,20H,4,12H2,1-3H3,(H2,24,25,27). The number of amides is 2. The molecule has 2 aromatic carbocycles. The van der Waals surface area contributed by atoms with Crippen LogP contribution in [0.3, 0.4) is 0 Å². The van der Waals surface area contributed by atoms with Gasteiger partial charge in [0.15, 0.2) is 9.84 Å². The van der Waals surface area contributed by atoms with Crippen LogP contribution in [0, 0.1) is 13.8 Å². The predicted octanol–water partition coefficient (Wildman–Crippen LogP) is 3.60. The van der Waals surface area contributed by atoms with E-state index in [9.17, 15) is 18.0 Å². The maximum absolute atomic E-state index is 13.1. The lowest BCUT2D eigenvalue weighted by Gasteiger charge is -2.29. The monoisotopic (exact) mass is 462 g/mol. The molecule has 0 aromatic heterocycles. The van der Waals surface area contributed by atoms with Crippen LogP contribution in [-0.2, 0) is 19.4 Å². The highest BCUT2D eigenvalue weighted by Crippen LogP contribution is 2.30. The molecule has 2 aromatic rings. The Morgan fingerprint density at radius 3 is 2.52 bits per heavy atom. The zero-order valence-electron chi connectivity index (χ0n) is 17.4. The molecule has 3 rings (SSSR count). The Morgan fingerprint density at radius 2 is 1.87 bits per heavy atom. The first kappa shape index (κ1) is 22.8. The average molecular weight is 463 g/mol. The molecular formula is C22H23ClN2O5S. The van der Waals surface area contributed by atoms with E-state index in [1.54, 1.807) is 43.3 Å². The zero-order chi connectivity index (χ0) is 22.8. The van der Waals surface area contributed by atoms with Crippen molar-refractivity contribution in [3.63, 3.8) is 0 Å². The summed E-state index contributed by atoms with van der Waals surface area (Å²) in [6.07, 6.45) is 0. The maximum atomic E-state index is 13.1. The van der Waals surface area contributed by atoms with Gasteiger partial charge in [0.25, 0.3) is 0 Å². The third kappa shape index (κ3) is 5.08. The highest BCUT2D eigenvalue weighted by molar-refractivity contribution is 7.91. The lowest BCUT2D eigenvalue weighted by molar-refractivity contribution is -0.139. The van der Waals surface area contributed by atoms with Crippen molar-refractivity contribution >= 4 is 33.4 Å². The minimum Gasteiger partial charge on any atom is -0.463 e. The Kier molecular flexibility index (Phi) is 6.71. The SMILES string of the molecule is CCOC(=O)C1=C(CS(=O)(=O)c2ccc(C)c(C)c2)NC(=O)NC1c1cccc(Cl)c1. The van der Waals surface area contributed by atoms with E-state index in [0.717, 1.165) is 11.1 Å². The largest absolute Gasteiger partial charge is 0.463 e. The Hall–Kier alpha value is -2.84. The molecule has 0 saturated carbocycles. The van der Waals surface area contributed by atoms with Crippen molar-refractivity contribution in [1.82, 2.24) is 10.6 Å². The highest BCUT2D eigenvalue weighted by atomic mass is 35.5. The van der Waals surface area contributed by atoms with E-state index in [4.69, 9.17) is 16.3 Å². The van der Waals surface area contributed by atoms with Gasteiger partial charge in [-0.15, -0.1) is 0 Å². The van der Waals surface area contributed by atoms with E-state index in [1.807, 2.05) is 13.8 Å². The number of hydrogen-bond acceptors (Lipinski definition) is 5. The molecule has 1 unspecified atom stereocenters. The number of hydrogen-bond donors (Lipinski definition) is 2. The van der Waals surface area contributed by atoms with Gasteiger partial charge in [0.1, 0.15) is 0 Å². The smallest absolute Gasteiger partial charge is 0.338 e. The Bertz CT molecular complexity index is 1170. The lowest BCUT2D eigenvalue weighted by atomic mass is 9.95. The van der Waals surface area contributed by atoms with Gasteiger partial charge >= 0.3 is 12.0 Å². The van der Waals surface area contributed by atoms with E-state index in [2.05, 4.69) is 10.6 Å². The maximum Gasteiger partial charge on any atom is 0.338 e. The van der Waals surface area contributed by atoms with Gasteiger partial charge in [-0.1, -0.05) is 29.8 Å². The highest BCUT2D eigenvalue weighted by Gasteiger charge is 2.35. The van der Waals surface area contributed by atoms with Crippen molar-refractivity contribution in [2.75, 3.05) is 12.4 Å². The summed E-state index contributed by atoms with van der Waals surface area (Å²) in [4.78, 5) is 25.3. The number of rotatable bonds is 6. The number of aryl methyl sites for hydroxylation is 2. The van der Waals surface area contributed by atoms with Crippen molar-refractivity contribution in [2.45, 2.75) is 31.7 Å². The molecule has 31 heavy (non-hydrogen) atoms. The van der Waals surface area contributed by atoms with E-state index in [1.165, 1.54) is 6.07 Å². The van der Waals surface area contributed by atoms with Crippen LogP contribution < -0.4 is 10.6 Å². The molecule has 0 spiro atoms. The number of halogens is 1.